The maximum absolute atomic E-state index is 11.9. The van der Waals surface area contributed by atoms with E-state index in [4.69, 9.17) is 10.5 Å². The molecule has 0 radical (unpaired) electrons. The van der Waals surface area contributed by atoms with Gasteiger partial charge >= 0.3 is 0 Å². The lowest BCUT2D eigenvalue weighted by molar-refractivity contribution is -0.125. The van der Waals surface area contributed by atoms with Crippen molar-refractivity contribution in [1.82, 2.24) is 5.32 Å². The Hall–Kier alpha value is -1.10. The van der Waals surface area contributed by atoms with Crippen molar-refractivity contribution in [3.8, 4) is 0 Å². The zero-order chi connectivity index (χ0) is 14.5. The summed E-state index contributed by atoms with van der Waals surface area (Å²) in [6, 6.07) is 8.14. The van der Waals surface area contributed by atoms with Crippen molar-refractivity contribution in [2.45, 2.75) is 32.2 Å². The zero-order valence-electron chi connectivity index (χ0n) is 12.7. The van der Waals surface area contributed by atoms with Crippen LogP contribution in [0.5, 0.6) is 0 Å². The number of nitrogens with two attached hydrogens (primary N) is 1. The second-order valence-corrected chi connectivity index (χ2v) is 5.73. The molecule has 1 heterocycles. The topological polar surface area (TPSA) is 64.3 Å². The van der Waals surface area contributed by atoms with E-state index in [0.717, 1.165) is 12.0 Å². The summed E-state index contributed by atoms with van der Waals surface area (Å²) >= 11 is 0. The molecule has 1 aromatic rings. The number of amides is 1. The molecule has 0 saturated carbocycles. The van der Waals surface area contributed by atoms with Crippen LogP contribution in [0.2, 0.25) is 0 Å². The second kappa shape index (κ2) is 8.37. The third-order valence-corrected chi connectivity index (χ3v) is 3.83. The highest BCUT2D eigenvalue weighted by molar-refractivity contribution is 5.85. The van der Waals surface area contributed by atoms with E-state index < -0.39 is 0 Å². The summed E-state index contributed by atoms with van der Waals surface area (Å²) in [5.74, 6) is 0.560. The number of hydrogen-bond acceptors (Lipinski definition) is 3. The monoisotopic (exact) mass is 312 g/mol. The quantitative estimate of drug-likeness (QED) is 0.877. The summed E-state index contributed by atoms with van der Waals surface area (Å²) in [5, 5.41) is 2.92. The molecule has 5 heteroatoms. The molecule has 118 valence electrons. The molecule has 2 unspecified atom stereocenters. The number of nitrogens with one attached hydrogen (secondary N) is 1. The Morgan fingerprint density at radius 2 is 1.95 bits per heavy atom. The van der Waals surface area contributed by atoms with Crippen LogP contribution in [0.1, 0.15) is 43.4 Å². The van der Waals surface area contributed by atoms with E-state index in [9.17, 15) is 4.79 Å². The lowest BCUT2D eigenvalue weighted by atomic mass is 9.99. The van der Waals surface area contributed by atoms with Crippen molar-refractivity contribution < 1.29 is 9.53 Å². The van der Waals surface area contributed by atoms with Crippen LogP contribution in [-0.4, -0.2) is 25.7 Å². The first-order valence-corrected chi connectivity index (χ1v) is 7.29. The number of ether oxygens (including phenoxy) is 1. The molecule has 4 nitrogen and oxygen atoms in total. The molecule has 3 N–H and O–H groups in total. The van der Waals surface area contributed by atoms with E-state index in [1.807, 2.05) is 12.1 Å². The van der Waals surface area contributed by atoms with Crippen LogP contribution >= 0.6 is 12.4 Å². The van der Waals surface area contributed by atoms with Gasteiger partial charge in [-0.25, -0.2) is 0 Å². The number of benzene rings is 1. The van der Waals surface area contributed by atoms with Crippen molar-refractivity contribution in [2.75, 3.05) is 19.8 Å². The summed E-state index contributed by atoms with van der Waals surface area (Å²) in [6.45, 7) is 6.01. The van der Waals surface area contributed by atoms with Gasteiger partial charge in [-0.05, 0) is 23.5 Å². The lowest BCUT2D eigenvalue weighted by Gasteiger charge is -2.16. The van der Waals surface area contributed by atoms with Crippen molar-refractivity contribution in [3.63, 3.8) is 0 Å². The van der Waals surface area contributed by atoms with E-state index in [1.54, 1.807) is 0 Å². The maximum atomic E-state index is 11.9. The summed E-state index contributed by atoms with van der Waals surface area (Å²) < 4.78 is 5.21. The molecule has 1 aromatic carbocycles. The first kappa shape index (κ1) is 18.0. The predicted octanol–water partition coefficient (Wildman–Crippen LogP) is 2.38. The number of halogens is 1. The maximum Gasteiger partial charge on any atom is 0.225 e. The van der Waals surface area contributed by atoms with Gasteiger partial charge in [-0.2, -0.15) is 0 Å². The molecule has 1 fully saturated rings. The molecular weight excluding hydrogens is 288 g/mol. The van der Waals surface area contributed by atoms with E-state index in [1.165, 1.54) is 5.56 Å². The van der Waals surface area contributed by atoms with Crippen molar-refractivity contribution >= 4 is 18.3 Å². The van der Waals surface area contributed by atoms with Crippen LogP contribution in [0.25, 0.3) is 0 Å². The molecule has 1 saturated heterocycles. The SMILES string of the molecule is CC(C)c1ccc(C(N)CNC(=O)C2CCOC2)cc1.Cl. The van der Waals surface area contributed by atoms with Crippen LogP contribution in [-0.2, 0) is 9.53 Å². The summed E-state index contributed by atoms with van der Waals surface area (Å²) in [7, 11) is 0. The number of carbonyl (C=O) groups is 1. The van der Waals surface area contributed by atoms with Crippen molar-refractivity contribution in [1.29, 1.82) is 0 Å². The Bertz CT molecular complexity index is 442. The number of hydrogen-bond donors (Lipinski definition) is 2. The third kappa shape index (κ3) is 4.99. The first-order valence-electron chi connectivity index (χ1n) is 7.29. The fourth-order valence-electron chi connectivity index (χ4n) is 2.34. The van der Waals surface area contributed by atoms with Gasteiger partial charge in [-0.3, -0.25) is 4.79 Å². The van der Waals surface area contributed by atoms with Gasteiger partial charge < -0.3 is 15.8 Å². The summed E-state index contributed by atoms with van der Waals surface area (Å²) in [6.07, 6.45) is 0.810. The minimum Gasteiger partial charge on any atom is -0.381 e. The highest BCUT2D eigenvalue weighted by atomic mass is 35.5. The zero-order valence-corrected chi connectivity index (χ0v) is 13.5. The van der Waals surface area contributed by atoms with Crippen molar-refractivity contribution in [3.05, 3.63) is 35.4 Å². The minimum atomic E-state index is -0.164. The van der Waals surface area contributed by atoms with Gasteiger partial charge in [-0.15, -0.1) is 12.4 Å². The molecule has 2 atom stereocenters. The standard InChI is InChI=1S/C16H24N2O2.ClH/c1-11(2)12-3-5-13(6-4-12)15(17)9-18-16(19)14-7-8-20-10-14;/h3-6,11,14-15H,7-10,17H2,1-2H3,(H,18,19);1H. The molecule has 0 aliphatic carbocycles. The van der Waals surface area contributed by atoms with Gasteiger partial charge in [-0.1, -0.05) is 38.1 Å². The van der Waals surface area contributed by atoms with Gasteiger partial charge in [0.15, 0.2) is 0 Å². The Labute approximate surface area is 132 Å². The third-order valence-electron chi connectivity index (χ3n) is 3.83. The lowest BCUT2D eigenvalue weighted by Crippen LogP contribution is -2.36. The molecule has 0 aromatic heterocycles. The minimum absolute atomic E-state index is 0. The Morgan fingerprint density at radius 1 is 1.33 bits per heavy atom. The smallest absolute Gasteiger partial charge is 0.225 e. The van der Waals surface area contributed by atoms with Gasteiger partial charge in [0, 0.05) is 19.2 Å². The van der Waals surface area contributed by atoms with Crippen LogP contribution in [0.15, 0.2) is 24.3 Å². The molecule has 21 heavy (non-hydrogen) atoms. The van der Waals surface area contributed by atoms with Crippen LogP contribution in [0.3, 0.4) is 0 Å². The largest absolute Gasteiger partial charge is 0.381 e. The van der Waals surface area contributed by atoms with E-state index in [2.05, 4.69) is 31.3 Å². The first-order chi connectivity index (χ1) is 9.58. The summed E-state index contributed by atoms with van der Waals surface area (Å²) in [4.78, 5) is 11.9. The molecule has 1 amide bonds. The van der Waals surface area contributed by atoms with Gasteiger partial charge in [0.2, 0.25) is 5.91 Å². The fraction of sp³-hybridized carbons (Fsp3) is 0.562. The Balaban J connectivity index is 0.00000220. The molecule has 0 bridgehead atoms. The predicted molar refractivity (Wildman–Crippen MR) is 86.6 cm³/mol. The number of carbonyl (C=O) groups excluding carboxylic acids is 1. The average molecular weight is 313 g/mol. The van der Waals surface area contributed by atoms with Gasteiger partial charge in [0.25, 0.3) is 0 Å². The highest BCUT2D eigenvalue weighted by Gasteiger charge is 2.23. The second-order valence-electron chi connectivity index (χ2n) is 5.73. The van der Waals surface area contributed by atoms with Gasteiger partial charge in [0.05, 0.1) is 12.5 Å². The average Bonchev–Trinajstić information content (AvgIpc) is 2.98. The van der Waals surface area contributed by atoms with Crippen LogP contribution < -0.4 is 11.1 Å². The Morgan fingerprint density at radius 3 is 2.48 bits per heavy atom. The molecule has 1 aliphatic heterocycles. The molecule has 1 aliphatic rings. The van der Waals surface area contributed by atoms with Crippen LogP contribution in [0, 0.1) is 5.92 Å². The molecule has 2 rings (SSSR count). The highest BCUT2D eigenvalue weighted by Crippen LogP contribution is 2.18. The van der Waals surface area contributed by atoms with Crippen molar-refractivity contribution in [2.24, 2.45) is 11.7 Å². The molecule has 0 spiro atoms. The summed E-state index contributed by atoms with van der Waals surface area (Å²) in [5.41, 5.74) is 8.47. The number of rotatable bonds is 5. The van der Waals surface area contributed by atoms with Crippen LogP contribution in [0.4, 0.5) is 0 Å². The fourth-order valence-corrected chi connectivity index (χ4v) is 2.34. The molecular formula is C16H25ClN2O2. The van der Waals surface area contributed by atoms with E-state index in [0.29, 0.717) is 25.7 Å². The normalized spacial score (nSPS) is 19.1. The van der Waals surface area contributed by atoms with E-state index >= 15 is 0 Å². The Kier molecular flexibility index (Phi) is 7.15. The van der Waals surface area contributed by atoms with Gasteiger partial charge in [0.1, 0.15) is 0 Å². The van der Waals surface area contributed by atoms with E-state index in [-0.39, 0.29) is 30.3 Å².